The van der Waals surface area contributed by atoms with Gasteiger partial charge in [0.25, 0.3) is 5.69 Å². The molecule has 2 aromatic carbocycles. The van der Waals surface area contributed by atoms with Gasteiger partial charge in [0, 0.05) is 11.6 Å². The van der Waals surface area contributed by atoms with Crippen molar-refractivity contribution in [2.75, 3.05) is 6.61 Å². The SMILES string of the molecule is CCOc1cc(/C=C/C(=O)c2ccc(Cl)c([N+](=O)[O-])c2)cc(Cl)c1O. The normalized spacial score (nSPS) is 10.8. The monoisotopic (exact) mass is 381 g/mol. The maximum Gasteiger partial charge on any atom is 0.288 e. The van der Waals surface area contributed by atoms with Gasteiger partial charge < -0.3 is 9.84 Å². The molecule has 8 heteroatoms. The van der Waals surface area contributed by atoms with Gasteiger partial charge in [-0.15, -0.1) is 0 Å². The highest BCUT2D eigenvalue weighted by atomic mass is 35.5. The van der Waals surface area contributed by atoms with Gasteiger partial charge in [-0.1, -0.05) is 29.3 Å². The van der Waals surface area contributed by atoms with Gasteiger partial charge in [-0.3, -0.25) is 14.9 Å². The molecule has 0 heterocycles. The van der Waals surface area contributed by atoms with E-state index >= 15 is 0 Å². The van der Waals surface area contributed by atoms with Crippen molar-refractivity contribution in [3.8, 4) is 11.5 Å². The first-order chi connectivity index (χ1) is 11.8. The van der Waals surface area contributed by atoms with Crippen LogP contribution < -0.4 is 4.74 Å². The average molecular weight is 382 g/mol. The van der Waals surface area contributed by atoms with Crippen molar-refractivity contribution in [1.82, 2.24) is 0 Å². The zero-order valence-corrected chi connectivity index (χ0v) is 14.5. The Morgan fingerprint density at radius 2 is 2.00 bits per heavy atom. The highest BCUT2D eigenvalue weighted by molar-refractivity contribution is 6.33. The molecule has 0 bridgehead atoms. The zero-order valence-electron chi connectivity index (χ0n) is 13.0. The number of phenols is 1. The molecule has 2 aromatic rings. The van der Waals surface area contributed by atoms with Crippen LogP contribution in [0.1, 0.15) is 22.8 Å². The number of nitrogens with zero attached hydrogens (tertiary/aromatic N) is 1. The fourth-order valence-corrected chi connectivity index (χ4v) is 2.44. The summed E-state index contributed by atoms with van der Waals surface area (Å²) in [6.07, 6.45) is 2.71. The summed E-state index contributed by atoms with van der Waals surface area (Å²) in [7, 11) is 0. The fraction of sp³-hybridized carbons (Fsp3) is 0.118. The number of carbonyl (C=O) groups is 1. The number of carbonyl (C=O) groups excluding carboxylic acids is 1. The topological polar surface area (TPSA) is 89.7 Å². The lowest BCUT2D eigenvalue weighted by atomic mass is 10.1. The number of nitro benzene ring substituents is 1. The fourth-order valence-electron chi connectivity index (χ4n) is 2.03. The summed E-state index contributed by atoms with van der Waals surface area (Å²) >= 11 is 11.6. The Kier molecular flexibility index (Phi) is 6.01. The summed E-state index contributed by atoms with van der Waals surface area (Å²) < 4.78 is 5.26. The Morgan fingerprint density at radius 1 is 1.28 bits per heavy atom. The van der Waals surface area contributed by atoms with Crippen molar-refractivity contribution in [1.29, 1.82) is 0 Å². The van der Waals surface area contributed by atoms with E-state index in [1.165, 1.54) is 36.4 Å². The number of nitro groups is 1. The summed E-state index contributed by atoms with van der Waals surface area (Å²) in [5.74, 6) is -0.425. The number of halogens is 2. The number of ether oxygens (including phenoxy) is 1. The van der Waals surface area contributed by atoms with Crippen LogP contribution in [-0.4, -0.2) is 22.4 Å². The minimum absolute atomic E-state index is 0.0443. The lowest BCUT2D eigenvalue weighted by molar-refractivity contribution is -0.384. The molecule has 25 heavy (non-hydrogen) atoms. The van der Waals surface area contributed by atoms with E-state index in [9.17, 15) is 20.0 Å². The van der Waals surface area contributed by atoms with E-state index in [0.717, 1.165) is 6.07 Å². The van der Waals surface area contributed by atoms with E-state index in [1.54, 1.807) is 6.92 Å². The third-order valence-corrected chi connectivity index (χ3v) is 3.81. The van der Waals surface area contributed by atoms with Crippen LogP contribution in [0.5, 0.6) is 11.5 Å². The lowest BCUT2D eigenvalue weighted by Gasteiger charge is -2.08. The Labute approximate surface area is 153 Å². The third kappa shape index (κ3) is 4.49. The molecule has 0 unspecified atom stereocenters. The molecule has 0 aliphatic carbocycles. The lowest BCUT2D eigenvalue weighted by Crippen LogP contribution is -1.97. The molecule has 0 spiro atoms. The zero-order chi connectivity index (χ0) is 18.6. The largest absolute Gasteiger partial charge is 0.503 e. The van der Waals surface area contributed by atoms with Crippen LogP contribution in [0.2, 0.25) is 10.0 Å². The van der Waals surface area contributed by atoms with Crippen molar-refractivity contribution in [3.05, 3.63) is 67.7 Å². The molecule has 0 aromatic heterocycles. The number of allylic oxidation sites excluding steroid dienone is 1. The van der Waals surface area contributed by atoms with Crippen molar-refractivity contribution < 1.29 is 19.6 Å². The van der Waals surface area contributed by atoms with Crippen LogP contribution >= 0.6 is 23.2 Å². The van der Waals surface area contributed by atoms with E-state index in [4.69, 9.17) is 27.9 Å². The molecule has 0 atom stereocenters. The van der Waals surface area contributed by atoms with Crippen molar-refractivity contribution in [3.63, 3.8) is 0 Å². The number of hydrogen-bond acceptors (Lipinski definition) is 5. The summed E-state index contributed by atoms with van der Waals surface area (Å²) in [5, 5.41) is 20.7. The standard InChI is InChI=1S/C17H13Cl2NO5/c1-2-25-16-8-10(7-13(19)17(16)22)3-6-15(21)11-4-5-12(18)14(9-11)20(23)24/h3-9,22H,2H2,1H3/b6-3+. The number of phenolic OH excluding ortho intramolecular Hbond substituents is 1. The number of rotatable bonds is 6. The predicted molar refractivity (Wildman–Crippen MR) is 95.8 cm³/mol. The van der Waals surface area contributed by atoms with Gasteiger partial charge in [-0.05, 0) is 42.8 Å². The van der Waals surface area contributed by atoms with E-state index in [0.29, 0.717) is 12.2 Å². The molecular formula is C17H13Cl2NO5. The molecule has 0 radical (unpaired) electrons. The highest BCUT2D eigenvalue weighted by Crippen LogP contribution is 2.35. The van der Waals surface area contributed by atoms with Crippen LogP contribution in [0.4, 0.5) is 5.69 Å². The summed E-state index contributed by atoms with van der Waals surface area (Å²) in [4.78, 5) is 22.4. The summed E-state index contributed by atoms with van der Waals surface area (Å²) in [6.45, 7) is 2.09. The van der Waals surface area contributed by atoms with E-state index < -0.39 is 10.7 Å². The molecule has 0 aliphatic heterocycles. The van der Waals surface area contributed by atoms with Gasteiger partial charge >= 0.3 is 0 Å². The average Bonchev–Trinajstić information content (AvgIpc) is 2.57. The molecule has 130 valence electrons. The molecule has 0 amide bonds. The number of ketones is 1. The second-order valence-corrected chi connectivity index (χ2v) is 5.72. The second kappa shape index (κ2) is 8.00. The Morgan fingerprint density at radius 3 is 2.64 bits per heavy atom. The Balaban J connectivity index is 2.29. The molecule has 1 N–H and O–H groups in total. The number of hydrogen-bond donors (Lipinski definition) is 1. The van der Waals surface area contributed by atoms with Crippen LogP contribution in [0, 0.1) is 10.1 Å². The molecule has 0 saturated carbocycles. The molecule has 6 nitrogen and oxygen atoms in total. The maximum absolute atomic E-state index is 12.2. The van der Waals surface area contributed by atoms with Crippen LogP contribution in [0.25, 0.3) is 6.08 Å². The van der Waals surface area contributed by atoms with Crippen LogP contribution in [0.3, 0.4) is 0 Å². The van der Waals surface area contributed by atoms with Crippen molar-refractivity contribution >= 4 is 40.7 Å². The molecule has 0 aliphatic rings. The van der Waals surface area contributed by atoms with Crippen molar-refractivity contribution in [2.24, 2.45) is 0 Å². The predicted octanol–water partition coefficient (Wildman–Crippen LogP) is 4.90. The highest BCUT2D eigenvalue weighted by Gasteiger charge is 2.15. The molecule has 0 saturated heterocycles. The number of aromatic hydroxyl groups is 1. The summed E-state index contributed by atoms with van der Waals surface area (Å²) in [6, 6.07) is 6.81. The van der Waals surface area contributed by atoms with Crippen LogP contribution in [0.15, 0.2) is 36.4 Å². The van der Waals surface area contributed by atoms with E-state index in [-0.39, 0.29) is 32.8 Å². The first-order valence-corrected chi connectivity index (χ1v) is 7.90. The van der Waals surface area contributed by atoms with Gasteiger partial charge in [0.1, 0.15) is 5.02 Å². The quantitative estimate of drug-likeness (QED) is 0.332. The van der Waals surface area contributed by atoms with E-state index in [2.05, 4.69) is 0 Å². The summed E-state index contributed by atoms with van der Waals surface area (Å²) in [5.41, 5.74) is 0.317. The Hall–Kier alpha value is -2.57. The first-order valence-electron chi connectivity index (χ1n) is 7.15. The van der Waals surface area contributed by atoms with Gasteiger partial charge in [0.15, 0.2) is 17.3 Å². The van der Waals surface area contributed by atoms with Gasteiger partial charge in [0.2, 0.25) is 0 Å². The van der Waals surface area contributed by atoms with E-state index in [1.807, 2.05) is 0 Å². The second-order valence-electron chi connectivity index (χ2n) is 4.90. The van der Waals surface area contributed by atoms with Gasteiger partial charge in [-0.2, -0.15) is 0 Å². The minimum atomic E-state index is -0.656. The first kappa shape index (κ1) is 18.8. The molecule has 2 rings (SSSR count). The third-order valence-electron chi connectivity index (χ3n) is 3.21. The Bertz CT molecular complexity index is 864. The van der Waals surface area contributed by atoms with Gasteiger partial charge in [-0.25, -0.2) is 0 Å². The maximum atomic E-state index is 12.2. The minimum Gasteiger partial charge on any atom is -0.503 e. The molecule has 0 fully saturated rings. The van der Waals surface area contributed by atoms with Crippen molar-refractivity contribution in [2.45, 2.75) is 6.92 Å². The molecular weight excluding hydrogens is 369 g/mol. The number of benzene rings is 2. The van der Waals surface area contributed by atoms with Crippen LogP contribution in [-0.2, 0) is 0 Å². The van der Waals surface area contributed by atoms with Gasteiger partial charge in [0.05, 0.1) is 16.6 Å². The smallest absolute Gasteiger partial charge is 0.288 e.